The van der Waals surface area contributed by atoms with Crippen LogP contribution in [0.15, 0.2) is 29.6 Å². The third-order valence-corrected chi connectivity index (χ3v) is 5.66. The van der Waals surface area contributed by atoms with Crippen LogP contribution in [0.4, 0.5) is 22.4 Å². The summed E-state index contributed by atoms with van der Waals surface area (Å²) in [6.45, 7) is 2.01. The number of amides is 1. The predicted molar refractivity (Wildman–Crippen MR) is 116 cm³/mol. The molecule has 1 amide bonds. The average molecular weight is 468 g/mol. The first-order valence-corrected chi connectivity index (χ1v) is 11.4. The van der Waals surface area contributed by atoms with E-state index in [1.165, 1.54) is 28.2 Å². The summed E-state index contributed by atoms with van der Waals surface area (Å²) in [5, 5.41) is 21.3. The van der Waals surface area contributed by atoms with Crippen LogP contribution < -0.4 is 15.4 Å². The Kier molecular flexibility index (Phi) is 6.72. The van der Waals surface area contributed by atoms with E-state index in [1.807, 2.05) is 17.0 Å². The third-order valence-electron chi connectivity index (χ3n) is 4.15. The van der Waals surface area contributed by atoms with Crippen LogP contribution in [0, 0.1) is 0 Å². The van der Waals surface area contributed by atoms with E-state index in [-0.39, 0.29) is 23.6 Å². The number of aromatic nitrogens is 4. The molecule has 2 aromatic heterocycles. The van der Waals surface area contributed by atoms with Crippen molar-refractivity contribution in [2.24, 2.45) is 7.05 Å². The molecule has 0 saturated carbocycles. The van der Waals surface area contributed by atoms with Crippen LogP contribution in [0.3, 0.4) is 0 Å². The molecule has 0 aliphatic rings. The summed E-state index contributed by atoms with van der Waals surface area (Å²) in [5.74, 6) is 0.300. The maximum Gasteiger partial charge on any atom is 0.411 e. The number of carbonyl (C=O) groups is 1. The number of carboxylic acid groups (broad SMARTS) is 1. The zero-order valence-corrected chi connectivity index (χ0v) is 18.2. The molecule has 5 N–H and O–H groups in total. The second-order valence-electron chi connectivity index (χ2n) is 6.51. The maximum absolute atomic E-state index is 10.9. The molecule has 12 nitrogen and oxygen atoms in total. The molecule has 0 radical (unpaired) electrons. The van der Waals surface area contributed by atoms with Gasteiger partial charge in [-0.2, -0.15) is 13.4 Å². The summed E-state index contributed by atoms with van der Waals surface area (Å²) < 4.78 is 34.1. The quantitative estimate of drug-likeness (QED) is 0.296. The molecule has 31 heavy (non-hydrogen) atoms. The molecule has 1 aromatic carbocycles. The topological polar surface area (TPSA) is 171 Å². The van der Waals surface area contributed by atoms with Gasteiger partial charge in [-0.25, -0.2) is 14.5 Å². The highest BCUT2D eigenvalue weighted by Crippen LogP contribution is 2.25. The fraction of sp³-hybridized carbons (Fsp3) is 0.294. The molecule has 0 aliphatic heterocycles. The fourth-order valence-corrected chi connectivity index (χ4v) is 4.01. The third kappa shape index (κ3) is 6.37. The Balaban J connectivity index is 1.83. The summed E-state index contributed by atoms with van der Waals surface area (Å²) in [5.41, 5.74) is 1.87. The summed E-state index contributed by atoms with van der Waals surface area (Å²) >= 11 is 1.53. The average Bonchev–Trinajstić information content (AvgIpc) is 3.28. The minimum absolute atomic E-state index is 0.0712. The highest BCUT2D eigenvalue weighted by atomic mass is 32.2. The van der Waals surface area contributed by atoms with Gasteiger partial charge in [-0.05, 0) is 30.5 Å². The molecular weight excluding hydrogens is 446 g/mol. The number of rotatable bonds is 9. The molecule has 14 heteroatoms. The zero-order valence-electron chi connectivity index (χ0n) is 16.6. The van der Waals surface area contributed by atoms with E-state index in [2.05, 4.69) is 25.7 Å². The Bertz CT molecular complexity index is 1160. The number of benzene rings is 1. The number of nitrogens with one attached hydrogen (secondary N) is 3. The molecule has 0 unspecified atom stereocenters. The van der Waals surface area contributed by atoms with Crippen molar-refractivity contribution in [3.05, 3.63) is 45.9 Å². The monoisotopic (exact) mass is 467 g/mol. The van der Waals surface area contributed by atoms with E-state index in [0.29, 0.717) is 6.42 Å². The first kappa shape index (κ1) is 22.5. The van der Waals surface area contributed by atoms with Crippen molar-refractivity contribution in [3.63, 3.8) is 0 Å². The van der Waals surface area contributed by atoms with Gasteiger partial charge in [0.25, 0.3) is 0 Å². The summed E-state index contributed by atoms with van der Waals surface area (Å²) in [6, 6.07) is 6.19. The summed E-state index contributed by atoms with van der Waals surface area (Å²) in [7, 11) is -2.78. The molecule has 2 heterocycles. The number of thiazole rings is 1. The van der Waals surface area contributed by atoms with Crippen molar-refractivity contribution in [2.45, 2.75) is 25.8 Å². The number of nitrogens with zero attached hydrogens (tertiary/aromatic N) is 4. The van der Waals surface area contributed by atoms with Crippen LogP contribution >= 0.6 is 11.3 Å². The molecule has 3 aromatic rings. The highest BCUT2D eigenvalue weighted by molar-refractivity contribution is 7.87. The smallest absolute Gasteiger partial charge is 0.411 e. The van der Waals surface area contributed by atoms with Crippen molar-refractivity contribution in [3.8, 4) is 0 Å². The SMILES string of the molecule is CCc1nc([C@H](Cc2ccc(NS(=O)(=O)O)cc2)Nc2nc(NC(=O)O)n(C)n2)cs1. The van der Waals surface area contributed by atoms with Crippen molar-refractivity contribution in [1.29, 1.82) is 0 Å². The van der Waals surface area contributed by atoms with Crippen LogP contribution in [0.25, 0.3) is 0 Å². The van der Waals surface area contributed by atoms with Gasteiger partial charge in [0, 0.05) is 12.4 Å². The fourth-order valence-electron chi connectivity index (χ4n) is 2.78. The van der Waals surface area contributed by atoms with E-state index in [9.17, 15) is 13.2 Å². The molecular formula is C17H21N7O5S2. The normalized spacial score (nSPS) is 12.4. The van der Waals surface area contributed by atoms with E-state index >= 15 is 0 Å². The van der Waals surface area contributed by atoms with E-state index in [0.717, 1.165) is 22.7 Å². The van der Waals surface area contributed by atoms with Crippen LogP contribution in [0.2, 0.25) is 0 Å². The minimum Gasteiger partial charge on any atom is -0.465 e. The first-order valence-electron chi connectivity index (χ1n) is 9.09. The van der Waals surface area contributed by atoms with Crippen LogP contribution in [0.5, 0.6) is 0 Å². The van der Waals surface area contributed by atoms with Gasteiger partial charge in [0.1, 0.15) is 0 Å². The maximum atomic E-state index is 10.9. The van der Waals surface area contributed by atoms with Crippen LogP contribution in [-0.4, -0.2) is 43.9 Å². The summed E-state index contributed by atoms with van der Waals surface area (Å²) in [4.78, 5) is 19.7. The van der Waals surface area contributed by atoms with Gasteiger partial charge < -0.3 is 10.4 Å². The number of aryl methyl sites for hydroxylation is 2. The van der Waals surface area contributed by atoms with Crippen molar-refractivity contribution in [1.82, 2.24) is 19.7 Å². The minimum atomic E-state index is -4.34. The van der Waals surface area contributed by atoms with Gasteiger partial charge in [0.2, 0.25) is 11.9 Å². The molecule has 3 rings (SSSR count). The second-order valence-corrected chi connectivity index (χ2v) is 8.60. The Morgan fingerprint density at radius 2 is 1.97 bits per heavy atom. The van der Waals surface area contributed by atoms with Crippen molar-refractivity contribution < 1.29 is 22.9 Å². The first-order chi connectivity index (χ1) is 14.6. The van der Waals surface area contributed by atoms with Gasteiger partial charge in [0.15, 0.2) is 0 Å². The Morgan fingerprint density at radius 1 is 1.26 bits per heavy atom. The molecule has 166 valence electrons. The van der Waals surface area contributed by atoms with Crippen LogP contribution in [-0.2, 0) is 30.2 Å². The summed E-state index contributed by atoms with van der Waals surface area (Å²) in [6.07, 6.45) is 0.0187. The van der Waals surface area contributed by atoms with Crippen molar-refractivity contribution >= 4 is 45.3 Å². The Morgan fingerprint density at radius 3 is 2.55 bits per heavy atom. The molecule has 1 atom stereocenters. The molecule has 0 fully saturated rings. The number of hydrogen-bond donors (Lipinski definition) is 5. The molecule has 0 aliphatic carbocycles. The molecule has 0 spiro atoms. The van der Waals surface area contributed by atoms with Gasteiger partial charge in [0.05, 0.1) is 22.4 Å². The largest absolute Gasteiger partial charge is 0.465 e. The number of hydrogen-bond acceptors (Lipinski definition) is 8. The van der Waals surface area contributed by atoms with Gasteiger partial charge in [-0.15, -0.1) is 16.4 Å². The molecule has 0 bridgehead atoms. The lowest BCUT2D eigenvalue weighted by Gasteiger charge is -2.16. The Hall–Kier alpha value is -3.23. The van der Waals surface area contributed by atoms with E-state index in [4.69, 9.17) is 9.66 Å². The number of anilines is 3. The van der Waals surface area contributed by atoms with Crippen molar-refractivity contribution in [2.75, 3.05) is 15.4 Å². The lowest BCUT2D eigenvalue weighted by molar-refractivity contribution is 0.209. The second kappa shape index (κ2) is 9.28. The standard InChI is InChI=1S/C17H21N7O5S2/c1-3-14-18-13(9-30-14)12(19-15-20-16(21-17(25)26)24(2)22-15)8-10-4-6-11(7-5-10)23-31(27,28)29/h4-7,9,12,23H,3,8H2,1-2H3,(H,25,26)(H,27,28,29)(H2,19,20,21,22)/t12-/m0/s1. The Labute approximate surface area is 182 Å². The highest BCUT2D eigenvalue weighted by Gasteiger charge is 2.19. The van der Waals surface area contributed by atoms with E-state index in [1.54, 1.807) is 19.2 Å². The predicted octanol–water partition coefficient (Wildman–Crippen LogP) is 2.53. The zero-order chi connectivity index (χ0) is 22.6. The molecule has 0 saturated heterocycles. The van der Waals surface area contributed by atoms with Crippen LogP contribution in [0.1, 0.15) is 29.2 Å². The lowest BCUT2D eigenvalue weighted by Crippen LogP contribution is -2.16. The van der Waals surface area contributed by atoms with Gasteiger partial charge >= 0.3 is 16.4 Å². The van der Waals surface area contributed by atoms with E-state index < -0.39 is 16.4 Å². The van der Waals surface area contributed by atoms with Gasteiger partial charge in [-0.3, -0.25) is 14.6 Å². The lowest BCUT2D eigenvalue weighted by atomic mass is 10.0. The van der Waals surface area contributed by atoms with Gasteiger partial charge in [-0.1, -0.05) is 19.1 Å².